The second kappa shape index (κ2) is 8.69. The molecule has 0 bridgehead atoms. The third-order valence-electron chi connectivity index (χ3n) is 5.24. The molecule has 2 heterocycles. The number of nitrogen functional groups attached to an aromatic ring is 1. The third-order valence-corrected chi connectivity index (χ3v) is 5.57. The van der Waals surface area contributed by atoms with Crippen LogP contribution < -0.4 is 11.1 Å². The van der Waals surface area contributed by atoms with Crippen LogP contribution in [0.25, 0.3) is 22.3 Å². The largest absolute Gasteiger partial charge is 0.383 e. The molecule has 0 spiro atoms. The Morgan fingerprint density at radius 1 is 0.812 bits per heavy atom. The van der Waals surface area contributed by atoms with Crippen LogP contribution in [0, 0.1) is 0 Å². The molecule has 0 unspecified atom stereocenters. The topological polar surface area (TPSA) is 81.7 Å². The Morgan fingerprint density at radius 2 is 1.47 bits per heavy atom. The SMILES string of the molecule is Nc1c2c(-c3ccccc3Cl)nc(NCc3ccccc3)nc2nn1Cc1ccccc1. The number of fused-ring (bicyclic) bond motifs is 1. The first-order valence-electron chi connectivity index (χ1n) is 10.3. The molecular weight excluding hydrogens is 420 g/mol. The van der Waals surface area contributed by atoms with Gasteiger partial charge >= 0.3 is 0 Å². The molecule has 5 aromatic rings. The second-order valence-electron chi connectivity index (χ2n) is 7.44. The number of hydrogen-bond acceptors (Lipinski definition) is 5. The molecule has 158 valence electrons. The van der Waals surface area contributed by atoms with E-state index in [0.717, 1.165) is 16.7 Å². The van der Waals surface area contributed by atoms with Gasteiger partial charge in [0.15, 0.2) is 5.65 Å². The van der Waals surface area contributed by atoms with Crippen molar-refractivity contribution in [3.63, 3.8) is 0 Å². The predicted octanol–water partition coefficient (Wildman–Crippen LogP) is 5.39. The molecule has 7 heteroatoms. The molecule has 0 aliphatic heterocycles. The van der Waals surface area contributed by atoms with Crippen molar-refractivity contribution in [1.82, 2.24) is 19.7 Å². The molecule has 5 rings (SSSR count). The van der Waals surface area contributed by atoms with E-state index in [2.05, 4.69) is 10.3 Å². The summed E-state index contributed by atoms with van der Waals surface area (Å²) in [6.45, 7) is 1.13. The minimum Gasteiger partial charge on any atom is -0.383 e. The summed E-state index contributed by atoms with van der Waals surface area (Å²) < 4.78 is 1.76. The molecule has 0 fully saturated rings. The van der Waals surface area contributed by atoms with Gasteiger partial charge < -0.3 is 11.1 Å². The average Bonchev–Trinajstić information content (AvgIpc) is 3.14. The molecule has 0 saturated heterocycles. The molecule has 3 N–H and O–H groups in total. The summed E-state index contributed by atoms with van der Waals surface area (Å²) in [7, 11) is 0. The summed E-state index contributed by atoms with van der Waals surface area (Å²) in [5, 5.41) is 9.29. The van der Waals surface area contributed by atoms with Gasteiger partial charge in [-0.05, 0) is 17.2 Å². The van der Waals surface area contributed by atoms with Crippen molar-refractivity contribution in [3.8, 4) is 11.3 Å². The third kappa shape index (κ3) is 4.00. The molecule has 0 atom stereocenters. The highest BCUT2D eigenvalue weighted by Crippen LogP contribution is 2.35. The Kier molecular flexibility index (Phi) is 5.44. The van der Waals surface area contributed by atoms with E-state index in [1.54, 1.807) is 4.68 Å². The van der Waals surface area contributed by atoms with Gasteiger partial charge in [0, 0.05) is 17.1 Å². The van der Waals surface area contributed by atoms with Gasteiger partial charge in [-0.15, -0.1) is 5.10 Å². The van der Waals surface area contributed by atoms with Crippen molar-refractivity contribution < 1.29 is 0 Å². The number of halogens is 1. The van der Waals surface area contributed by atoms with Crippen LogP contribution >= 0.6 is 11.6 Å². The van der Waals surface area contributed by atoms with Crippen LogP contribution in [0.4, 0.5) is 11.8 Å². The quantitative estimate of drug-likeness (QED) is 0.370. The molecule has 0 amide bonds. The highest BCUT2D eigenvalue weighted by atomic mass is 35.5. The molecule has 3 aromatic carbocycles. The van der Waals surface area contributed by atoms with Gasteiger partial charge in [-0.3, -0.25) is 0 Å². The molecule has 0 radical (unpaired) electrons. The first-order chi connectivity index (χ1) is 15.7. The van der Waals surface area contributed by atoms with Gasteiger partial charge in [-0.1, -0.05) is 90.5 Å². The van der Waals surface area contributed by atoms with E-state index in [9.17, 15) is 0 Å². The molecule has 0 saturated carbocycles. The standard InChI is InChI=1S/C25H21ClN6/c26-20-14-8-7-13-19(20)22-21-23(27)32(16-18-11-5-2-6-12-18)31-24(21)30-25(29-22)28-15-17-9-3-1-4-10-17/h1-14H,15-16,27H2,(H,28,30,31). The lowest BCUT2D eigenvalue weighted by molar-refractivity contribution is 0.703. The monoisotopic (exact) mass is 440 g/mol. The van der Waals surface area contributed by atoms with Crippen molar-refractivity contribution in [2.24, 2.45) is 0 Å². The lowest BCUT2D eigenvalue weighted by Gasteiger charge is -2.10. The van der Waals surface area contributed by atoms with Gasteiger partial charge in [-0.25, -0.2) is 9.67 Å². The lowest BCUT2D eigenvalue weighted by Crippen LogP contribution is -2.05. The Bertz CT molecular complexity index is 1370. The first-order valence-corrected chi connectivity index (χ1v) is 10.7. The van der Waals surface area contributed by atoms with Crippen molar-refractivity contribution >= 4 is 34.4 Å². The Balaban J connectivity index is 1.61. The lowest BCUT2D eigenvalue weighted by atomic mass is 10.1. The summed E-state index contributed by atoms with van der Waals surface area (Å²) >= 11 is 6.52. The normalized spacial score (nSPS) is 11.0. The van der Waals surface area contributed by atoms with Crippen LogP contribution in [0.15, 0.2) is 84.9 Å². The predicted molar refractivity (Wildman–Crippen MR) is 129 cm³/mol. The zero-order chi connectivity index (χ0) is 21.9. The van der Waals surface area contributed by atoms with E-state index in [1.165, 1.54) is 0 Å². The van der Waals surface area contributed by atoms with Crippen LogP contribution in [0.3, 0.4) is 0 Å². The van der Waals surface area contributed by atoms with Crippen LogP contribution in [0.5, 0.6) is 0 Å². The van der Waals surface area contributed by atoms with E-state index < -0.39 is 0 Å². The Hall–Kier alpha value is -3.90. The fourth-order valence-corrected chi connectivity index (χ4v) is 3.86. The first kappa shape index (κ1) is 20.0. The fraction of sp³-hybridized carbons (Fsp3) is 0.0800. The summed E-state index contributed by atoms with van der Waals surface area (Å²) in [5.74, 6) is 0.981. The van der Waals surface area contributed by atoms with Crippen LogP contribution in [0.1, 0.15) is 11.1 Å². The van der Waals surface area contributed by atoms with Gasteiger partial charge in [0.25, 0.3) is 0 Å². The molecule has 0 aliphatic rings. The van der Waals surface area contributed by atoms with Gasteiger partial charge in [0.05, 0.1) is 17.6 Å². The van der Waals surface area contributed by atoms with E-state index >= 15 is 0 Å². The molecule has 6 nitrogen and oxygen atoms in total. The fourth-order valence-electron chi connectivity index (χ4n) is 3.64. The van der Waals surface area contributed by atoms with Gasteiger partial charge in [-0.2, -0.15) is 4.98 Å². The van der Waals surface area contributed by atoms with Crippen LogP contribution in [-0.4, -0.2) is 19.7 Å². The molecular formula is C25H21ClN6. The highest BCUT2D eigenvalue weighted by Gasteiger charge is 2.20. The Labute approximate surface area is 190 Å². The number of benzene rings is 3. The average molecular weight is 441 g/mol. The van der Waals surface area contributed by atoms with Crippen molar-refractivity contribution in [2.75, 3.05) is 11.1 Å². The molecule has 2 aromatic heterocycles. The zero-order valence-corrected chi connectivity index (χ0v) is 18.0. The van der Waals surface area contributed by atoms with Crippen molar-refractivity contribution in [1.29, 1.82) is 0 Å². The Morgan fingerprint density at radius 3 is 2.19 bits per heavy atom. The maximum Gasteiger partial charge on any atom is 0.225 e. The maximum atomic E-state index is 6.55. The smallest absolute Gasteiger partial charge is 0.225 e. The van der Waals surface area contributed by atoms with Gasteiger partial charge in [0.2, 0.25) is 5.95 Å². The minimum absolute atomic E-state index is 0.473. The van der Waals surface area contributed by atoms with Crippen molar-refractivity contribution in [2.45, 2.75) is 13.1 Å². The zero-order valence-electron chi connectivity index (χ0n) is 17.2. The van der Waals surface area contributed by atoms with Gasteiger partial charge in [0.1, 0.15) is 5.82 Å². The summed E-state index contributed by atoms with van der Waals surface area (Å²) in [5.41, 5.74) is 10.7. The number of hydrogen-bond donors (Lipinski definition) is 2. The summed E-state index contributed by atoms with van der Waals surface area (Å²) in [6.07, 6.45) is 0. The number of aromatic nitrogens is 4. The maximum absolute atomic E-state index is 6.55. The van der Waals surface area contributed by atoms with Crippen LogP contribution in [-0.2, 0) is 13.1 Å². The summed E-state index contributed by atoms with van der Waals surface area (Å²) in [6, 6.07) is 27.7. The number of nitrogens with one attached hydrogen (secondary N) is 1. The van der Waals surface area contributed by atoms with Crippen molar-refractivity contribution in [3.05, 3.63) is 101 Å². The number of rotatable bonds is 6. The minimum atomic E-state index is 0.473. The van der Waals surface area contributed by atoms with E-state index in [-0.39, 0.29) is 0 Å². The number of anilines is 2. The van der Waals surface area contributed by atoms with E-state index in [0.29, 0.717) is 46.6 Å². The highest BCUT2D eigenvalue weighted by molar-refractivity contribution is 6.33. The molecule has 0 aliphatic carbocycles. The number of nitrogens with zero attached hydrogens (tertiary/aromatic N) is 4. The van der Waals surface area contributed by atoms with Crippen LogP contribution in [0.2, 0.25) is 5.02 Å². The van der Waals surface area contributed by atoms with E-state index in [4.69, 9.17) is 27.4 Å². The van der Waals surface area contributed by atoms with E-state index in [1.807, 2.05) is 84.9 Å². The molecule has 32 heavy (non-hydrogen) atoms. The second-order valence-corrected chi connectivity index (χ2v) is 7.85. The number of nitrogens with two attached hydrogens (primary N) is 1. The summed E-state index contributed by atoms with van der Waals surface area (Å²) in [4.78, 5) is 9.44.